The molecule has 0 radical (unpaired) electrons. The molecule has 0 unspecified atom stereocenters. The van der Waals surface area contributed by atoms with Gasteiger partial charge in [0.15, 0.2) is 5.03 Å². The van der Waals surface area contributed by atoms with Crippen LogP contribution in [0.15, 0.2) is 23.4 Å². The minimum atomic E-state index is -3.64. The Morgan fingerprint density at radius 3 is 2.93 bits per heavy atom. The van der Waals surface area contributed by atoms with Gasteiger partial charge in [0, 0.05) is 12.7 Å². The molecule has 0 saturated carbocycles. The number of rotatable bonds is 3. The number of hydrogen-bond acceptors (Lipinski definition) is 4. The molecule has 0 aliphatic carbocycles. The lowest BCUT2D eigenvalue weighted by Crippen LogP contribution is -2.24. The molecule has 1 aromatic heterocycles. The topological polar surface area (TPSA) is 82.8 Å². The van der Waals surface area contributed by atoms with Gasteiger partial charge in [-0.15, -0.1) is 0 Å². The summed E-state index contributed by atoms with van der Waals surface area (Å²) in [5.41, 5.74) is 0.0495. The fraction of sp³-hybridized carbons (Fsp3) is 0.250. The highest BCUT2D eigenvalue weighted by atomic mass is 32.2. The molecule has 0 saturated heterocycles. The minimum absolute atomic E-state index is 0.0495. The molecular weight excluding hydrogens is 202 g/mol. The average Bonchev–Trinajstić information content (AvgIpc) is 2.18. The zero-order valence-electron chi connectivity index (χ0n) is 7.56. The van der Waals surface area contributed by atoms with Crippen LogP contribution in [-0.2, 0) is 10.0 Å². The molecule has 0 spiro atoms. The van der Waals surface area contributed by atoms with Crippen LogP contribution in [-0.4, -0.2) is 19.9 Å². The molecule has 6 heteroatoms. The van der Waals surface area contributed by atoms with Crippen molar-refractivity contribution in [3.05, 3.63) is 23.9 Å². The summed E-state index contributed by atoms with van der Waals surface area (Å²) in [4.78, 5) is 3.67. The lowest BCUT2D eigenvalue weighted by Gasteiger charge is -2.03. The van der Waals surface area contributed by atoms with Crippen LogP contribution in [0.2, 0.25) is 0 Å². The summed E-state index contributed by atoms with van der Waals surface area (Å²) in [5, 5.41) is 8.45. The Hall–Kier alpha value is -1.45. The average molecular weight is 211 g/mol. The summed E-state index contributed by atoms with van der Waals surface area (Å²) in [6.07, 6.45) is 1.34. The highest BCUT2D eigenvalue weighted by molar-refractivity contribution is 7.89. The van der Waals surface area contributed by atoms with E-state index in [0.717, 1.165) is 0 Å². The standard InChI is InChI=1S/C8H9N3O2S/c1-2-11-14(12,13)8-7(6-9)4-3-5-10-8/h3-5,11H,2H2,1H3. The van der Waals surface area contributed by atoms with Gasteiger partial charge in [-0.1, -0.05) is 6.92 Å². The van der Waals surface area contributed by atoms with Crippen molar-refractivity contribution in [2.45, 2.75) is 11.9 Å². The molecule has 14 heavy (non-hydrogen) atoms. The van der Waals surface area contributed by atoms with E-state index in [2.05, 4.69) is 9.71 Å². The predicted molar refractivity (Wildman–Crippen MR) is 49.8 cm³/mol. The van der Waals surface area contributed by atoms with Crippen LogP contribution >= 0.6 is 0 Å². The van der Waals surface area contributed by atoms with Gasteiger partial charge in [-0.05, 0) is 12.1 Å². The second-order valence-corrected chi connectivity index (χ2v) is 4.15. The summed E-state index contributed by atoms with van der Waals surface area (Å²) in [5.74, 6) is 0. The molecule has 74 valence electrons. The van der Waals surface area contributed by atoms with Gasteiger partial charge >= 0.3 is 0 Å². The number of aromatic nitrogens is 1. The highest BCUT2D eigenvalue weighted by Crippen LogP contribution is 2.09. The molecule has 1 rings (SSSR count). The molecule has 1 heterocycles. The van der Waals surface area contributed by atoms with Crippen LogP contribution in [0, 0.1) is 11.3 Å². The van der Waals surface area contributed by atoms with Crippen molar-refractivity contribution >= 4 is 10.0 Å². The van der Waals surface area contributed by atoms with Gasteiger partial charge in [-0.25, -0.2) is 18.1 Å². The molecule has 0 atom stereocenters. The molecule has 5 nitrogen and oxygen atoms in total. The smallest absolute Gasteiger partial charge is 0.242 e. The first kappa shape index (κ1) is 10.6. The zero-order valence-corrected chi connectivity index (χ0v) is 8.37. The maximum Gasteiger partial charge on any atom is 0.259 e. The number of nitrogens with zero attached hydrogens (tertiary/aromatic N) is 2. The highest BCUT2D eigenvalue weighted by Gasteiger charge is 2.18. The summed E-state index contributed by atoms with van der Waals surface area (Å²) in [6, 6.07) is 4.71. The third-order valence-electron chi connectivity index (χ3n) is 1.48. The Bertz CT molecular complexity index is 462. The van der Waals surface area contributed by atoms with Gasteiger partial charge in [-0.3, -0.25) is 0 Å². The Morgan fingerprint density at radius 1 is 1.64 bits per heavy atom. The van der Waals surface area contributed by atoms with E-state index in [-0.39, 0.29) is 17.1 Å². The summed E-state index contributed by atoms with van der Waals surface area (Å²) < 4.78 is 25.2. The minimum Gasteiger partial charge on any atom is -0.242 e. The molecule has 1 N–H and O–H groups in total. The Labute approximate surface area is 82.4 Å². The Morgan fingerprint density at radius 2 is 2.36 bits per heavy atom. The summed E-state index contributed by atoms with van der Waals surface area (Å²) in [7, 11) is -3.64. The van der Waals surface area contributed by atoms with Gasteiger partial charge in [0.05, 0.1) is 5.56 Å². The molecular formula is C8H9N3O2S. The monoisotopic (exact) mass is 211 g/mol. The van der Waals surface area contributed by atoms with Gasteiger partial charge in [-0.2, -0.15) is 5.26 Å². The zero-order chi connectivity index (χ0) is 10.6. The maximum atomic E-state index is 11.5. The largest absolute Gasteiger partial charge is 0.259 e. The fourth-order valence-electron chi connectivity index (χ4n) is 0.948. The third-order valence-corrected chi connectivity index (χ3v) is 2.98. The van der Waals surface area contributed by atoms with E-state index in [1.165, 1.54) is 18.3 Å². The molecule has 0 aromatic carbocycles. The molecule has 0 amide bonds. The van der Waals surface area contributed by atoms with Crippen molar-refractivity contribution in [1.29, 1.82) is 5.26 Å². The van der Waals surface area contributed by atoms with Crippen molar-refractivity contribution in [3.8, 4) is 6.07 Å². The number of pyridine rings is 1. The molecule has 0 aliphatic heterocycles. The first-order valence-corrected chi connectivity index (χ1v) is 5.45. The van der Waals surface area contributed by atoms with Crippen molar-refractivity contribution in [1.82, 2.24) is 9.71 Å². The fourth-order valence-corrected chi connectivity index (χ4v) is 2.07. The van der Waals surface area contributed by atoms with Crippen LogP contribution in [0.25, 0.3) is 0 Å². The normalized spacial score (nSPS) is 10.9. The molecule has 0 fully saturated rings. The second kappa shape index (κ2) is 4.17. The Balaban J connectivity index is 3.27. The van der Waals surface area contributed by atoms with Gasteiger partial charge in [0.1, 0.15) is 6.07 Å². The van der Waals surface area contributed by atoms with E-state index < -0.39 is 10.0 Å². The lowest BCUT2D eigenvalue weighted by molar-refractivity contribution is 0.579. The van der Waals surface area contributed by atoms with Crippen molar-refractivity contribution in [2.75, 3.05) is 6.54 Å². The first-order valence-electron chi connectivity index (χ1n) is 3.96. The molecule has 0 aliphatic rings. The van der Waals surface area contributed by atoms with Gasteiger partial charge in [0.2, 0.25) is 0 Å². The Kier molecular flexibility index (Phi) is 3.17. The summed E-state index contributed by atoms with van der Waals surface area (Å²) in [6.45, 7) is 1.93. The third kappa shape index (κ3) is 2.07. The second-order valence-electron chi connectivity index (χ2n) is 2.47. The SMILES string of the molecule is CCNS(=O)(=O)c1ncccc1C#N. The quantitative estimate of drug-likeness (QED) is 0.776. The van der Waals surface area contributed by atoms with Crippen molar-refractivity contribution < 1.29 is 8.42 Å². The van der Waals surface area contributed by atoms with Gasteiger partial charge < -0.3 is 0 Å². The molecule has 1 aromatic rings. The van der Waals surface area contributed by atoms with Crippen LogP contribution in [0.1, 0.15) is 12.5 Å². The predicted octanol–water partition coefficient (Wildman–Crippen LogP) is 0.251. The first-order chi connectivity index (χ1) is 6.61. The van der Waals surface area contributed by atoms with E-state index in [0.29, 0.717) is 0 Å². The summed E-state index contributed by atoms with van der Waals surface area (Å²) >= 11 is 0. The van der Waals surface area contributed by atoms with Crippen LogP contribution in [0.4, 0.5) is 0 Å². The van der Waals surface area contributed by atoms with E-state index >= 15 is 0 Å². The van der Waals surface area contributed by atoms with E-state index in [1.54, 1.807) is 13.0 Å². The van der Waals surface area contributed by atoms with E-state index in [1.807, 2.05) is 0 Å². The number of hydrogen-bond donors (Lipinski definition) is 1. The maximum absolute atomic E-state index is 11.5. The van der Waals surface area contributed by atoms with E-state index in [9.17, 15) is 8.42 Å². The van der Waals surface area contributed by atoms with E-state index in [4.69, 9.17) is 5.26 Å². The van der Waals surface area contributed by atoms with Gasteiger partial charge in [0.25, 0.3) is 10.0 Å². The van der Waals surface area contributed by atoms with Crippen molar-refractivity contribution in [3.63, 3.8) is 0 Å². The number of sulfonamides is 1. The van der Waals surface area contributed by atoms with Crippen LogP contribution in [0.5, 0.6) is 0 Å². The van der Waals surface area contributed by atoms with Crippen molar-refractivity contribution in [2.24, 2.45) is 0 Å². The number of nitrogens with one attached hydrogen (secondary N) is 1. The lowest BCUT2D eigenvalue weighted by atomic mass is 10.3. The number of nitriles is 1. The molecule has 0 bridgehead atoms. The van der Waals surface area contributed by atoms with Crippen LogP contribution in [0.3, 0.4) is 0 Å². The van der Waals surface area contributed by atoms with Crippen LogP contribution < -0.4 is 4.72 Å².